The van der Waals surface area contributed by atoms with E-state index in [0.29, 0.717) is 0 Å². The molecular weight excluding hydrogens is 293 g/mol. The van der Waals surface area contributed by atoms with E-state index in [2.05, 4.69) is 6.58 Å². The van der Waals surface area contributed by atoms with Crippen LogP contribution in [-0.2, 0) is 9.22 Å². The minimum atomic E-state index is -4.71. The van der Waals surface area contributed by atoms with Crippen molar-refractivity contribution in [2.24, 2.45) is 0 Å². The molecule has 0 N–H and O–H groups in total. The van der Waals surface area contributed by atoms with Crippen LogP contribution in [-0.4, -0.2) is 35.4 Å². The van der Waals surface area contributed by atoms with Crippen LogP contribution < -0.4 is 0 Å². The summed E-state index contributed by atoms with van der Waals surface area (Å²) in [5, 5.41) is 0. The molecule has 0 fully saturated rings. The van der Waals surface area contributed by atoms with Gasteiger partial charge in [-0.2, -0.15) is 13.2 Å². The molecule has 8 heteroatoms. The monoisotopic (exact) mass is 313 g/mol. The Morgan fingerprint density at radius 3 is 1.61 bits per heavy atom. The molecule has 104 valence electrons. The lowest BCUT2D eigenvalue weighted by molar-refractivity contribution is -0.142. The summed E-state index contributed by atoms with van der Waals surface area (Å²) in [5.74, 6) is -1.29. The number of carbonyl (C=O) groups excluding carboxylic acids is 1. The van der Waals surface area contributed by atoms with E-state index in [-0.39, 0.29) is 0 Å². The zero-order valence-corrected chi connectivity index (χ0v) is 14.7. The topological polar surface area (TPSA) is 26.3 Å². The first-order valence-electron chi connectivity index (χ1n) is 5.53. The molecule has 2 nitrogen and oxygen atoms in total. The second-order valence-corrected chi connectivity index (χ2v) is 29.3. The van der Waals surface area contributed by atoms with E-state index in [0.717, 1.165) is 0 Å². The second kappa shape index (κ2) is 5.33. The van der Waals surface area contributed by atoms with Crippen LogP contribution in [0.3, 0.4) is 0 Å². The Labute approximate surface area is 110 Å². The largest absolute Gasteiger partial charge is 0.442 e. The van der Waals surface area contributed by atoms with Crippen molar-refractivity contribution in [3.63, 3.8) is 0 Å². The van der Waals surface area contributed by atoms with Crippen LogP contribution in [0.4, 0.5) is 13.2 Å². The summed E-state index contributed by atoms with van der Waals surface area (Å²) < 4.78 is 42.4. The van der Waals surface area contributed by atoms with Gasteiger partial charge in [-0.25, -0.2) is 4.79 Å². The SMILES string of the molecule is C=C(C(=O)O[Si+]([Si](C)(C)C)[Si](C)(C)C)C(F)(F)F. The van der Waals surface area contributed by atoms with Crippen LogP contribution >= 0.6 is 0 Å². The van der Waals surface area contributed by atoms with Gasteiger partial charge in [-0.15, -0.1) is 0 Å². The number of rotatable bonds is 4. The zero-order valence-electron chi connectivity index (χ0n) is 11.7. The zero-order chi connectivity index (χ0) is 14.9. The van der Waals surface area contributed by atoms with Crippen LogP contribution in [0.25, 0.3) is 0 Å². The highest BCUT2D eigenvalue weighted by molar-refractivity contribution is 7.58. The Morgan fingerprint density at radius 1 is 1.06 bits per heavy atom. The third kappa shape index (κ3) is 5.11. The molecule has 0 unspecified atom stereocenters. The Balaban J connectivity index is 5.05. The average Bonchev–Trinajstić information content (AvgIpc) is 2.07. The standard InChI is InChI=1S/C10H20F3O2Si3/c1-8(10(11,12)13)9(14)15-16(17(2,3)4)18(5,6)7/h1H2,2-7H3/q+1. The fourth-order valence-corrected chi connectivity index (χ4v) is 34.3. The van der Waals surface area contributed by atoms with E-state index in [1.807, 2.05) is 39.3 Å². The van der Waals surface area contributed by atoms with Gasteiger partial charge in [0.05, 0.1) is 0 Å². The molecule has 0 bridgehead atoms. The van der Waals surface area contributed by atoms with Crippen LogP contribution in [0.15, 0.2) is 12.2 Å². The Hall–Kier alpha value is -0.349. The Morgan fingerprint density at radius 2 is 1.39 bits per heavy atom. The Bertz CT molecular complexity index is 326. The van der Waals surface area contributed by atoms with Crippen LogP contribution in [0.5, 0.6) is 0 Å². The third-order valence-corrected chi connectivity index (χ3v) is 27.5. The maximum atomic E-state index is 12.4. The smallest absolute Gasteiger partial charge is 0.336 e. The van der Waals surface area contributed by atoms with E-state index < -0.39 is 41.0 Å². The molecule has 0 aromatic carbocycles. The first-order chi connectivity index (χ1) is 7.67. The van der Waals surface area contributed by atoms with Gasteiger partial charge in [0.2, 0.25) is 0 Å². The summed E-state index contributed by atoms with van der Waals surface area (Å²) in [5.41, 5.74) is -1.40. The van der Waals surface area contributed by atoms with Crippen molar-refractivity contribution < 1.29 is 22.4 Å². The quantitative estimate of drug-likeness (QED) is 0.587. The first kappa shape index (κ1) is 17.7. The highest BCUT2D eigenvalue weighted by atomic mass is 29.6. The van der Waals surface area contributed by atoms with Crippen LogP contribution in [0.1, 0.15) is 0 Å². The first-order valence-corrected chi connectivity index (χ1v) is 15.9. The van der Waals surface area contributed by atoms with Gasteiger partial charge < -0.3 is 4.43 Å². The molecule has 0 radical (unpaired) electrons. The lowest BCUT2D eigenvalue weighted by Gasteiger charge is -2.21. The molecule has 0 saturated carbocycles. The van der Waals surface area contributed by atoms with Gasteiger partial charge in [0, 0.05) is 0 Å². The maximum absolute atomic E-state index is 12.4. The highest BCUT2D eigenvalue weighted by Gasteiger charge is 2.60. The summed E-state index contributed by atoms with van der Waals surface area (Å²) in [6, 6.07) is 0. The molecule has 0 heterocycles. The molecular formula is C10H20F3O2Si3+. The van der Waals surface area contributed by atoms with E-state index in [1.54, 1.807) is 0 Å². The maximum Gasteiger partial charge on any atom is 0.442 e. The van der Waals surface area contributed by atoms with E-state index >= 15 is 0 Å². The molecule has 0 amide bonds. The summed E-state index contributed by atoms with van der Waals surface area (Å²) in [6.07, 6.45) is -4.71. The molecule has 0 aromatic rings. The number of alkyl halides is 3. The van der Waals surface area contributed by atoms with Crippen LogP contribution in [0.2, 0.25) is 39.3 Å². The number of halogens is 3. The van der Waals surface area contributed by atoms with Gasteiger partial charge in [0.25, 0.3) is 15.2 Å². The van der Waals surface area contributed by atoms with Crippen molar-refractivity contribution in [1.82, 2.24) is 0 Å². The summed E-state index contributed by atoms with van der Waals surface area (Å²) >= 11 is 0. The van der Waals surface area contributed by atoms with Crippen molar-refractivity contribution in [3.8, 4) is 0 Å². The summed E-state index contributed by atoms with van der Waals surface area (Å²) in [4.78, 5) is 11.5. The second-order valence-electron chi connectivity index (χ2n) is 6.19. The molecule has 0 aromatic heterocycles. The van der Waals surface area contributed by atoms with Crippen molar-refractivity contribution in [2.45, 2.75) is 45.5 Å². The minimum Gasteiger partial charge on any atom is -0.336 e. The van der Waals surface area contributed by atoms with Gasteiger partial charge in [0.1, 0.15) is 5.57 Å². The van der Waals surface area contributed by atoms with Crippen LogP contribution in [0, 0.1) is 0 Å². The predicted octanol–water partition coefficient (Wildman–Crippen LogP) is 3.47. The lowest BCUT2D eigenvalue weighted by atomic mass is 10.3. The number of hydrogen-bond donors (Lipinski definition) is 0. The third-order valence-electron chi connectivity index (χ3n) is 2.15. The van der Waals surface area contributed by atoms with E-state index in [9.17, 15) is 18.0 Å². The van der Waals surface area contributed by atoms with Gasteiger partial charge >= 0.3 is 20.2 Å². The van der Waals surface area contributed by atoms with E-state index in [1.165, 1.54) is 0 Å². The van der Waals surface area contributed by atoms with E-state index in [4.69, 9.17) is 4.43 Å². The lowest BCUT2D eigenvalue weighted by Crippen LogP contribution is -2.61. The fourth-order valence-electron chi connectivity index (χ4n) is 1.70. The molecule has 0 aliphatic rings. The van der Waals surface area contributed by atoms with Gasteiger partial charge in [0.15, 0.2) is 0 Å². The predicted molar refractivity (Wildman–Crippen MR) is 73.7 cm³/mol. The van der Waals surface area contributed by atoms with Crippen molar-refractivity contribution in [2.75, 3.05) is 0 Å². The van der Waals surface area contributed by atoms with Crippen molar-refractivity contribution in [1.29, 1.82) is 0 Å². The van der Waals surface area contributed by atoms with Crippen molar-refractivity contribution in [3.05, 3.63) is 12.2 Å². The number of carbonyl (C=O) groups is 1. The average molecular weight is 314 g/mol. The fraction of sp³-hybridized carbons (Fsp3) is 0.700. The Kier molecular flexibility index (Phi) is 5.23. The highest BCUT2D eigenvalue weighted by Crippen LogP contribution is 2.27. The van der Waals surface area contributed by atoms with Crippen molar-refractivity contribution >= 4 is 29.2 Å². The molecule has 0 aliphatic heterocycles. The molecule has 0 spiro atoms. The normalized spacial score (nSPS) is 13.2. The molecule has 0 rings (SSSR count). The minimum absolute atomic E-state index is 1.29. The molecule has 18 heavy (non-hydrogen) atoms. The molecule has 0 atom stereocenters. The van der Waals surface area contributed by atoms with Gasteiger partial charge in [-0.3, -0.25) is 0 Å². The van der Waals surface area contributed by atoms with Gasteiger partial charge in [-0.05, 0) is 39.3 Å². The number of hydrogen-bond acceptors (Lipinski definition) is 2. The summed E-state index contributed by atoms with van der Waals surface area (Å²) in [6.45, 7) is 15.0. The van der Waals surface area contributed by atoms with Gasteiger partial charge in [-0.1, -0.05) is 6.58 Å². The molecule has 0 saturated heterocycles. The summed E-state index contributed by atoms with van der Waals surface area (Å²) in [7, 11) is -5.07. The molecule has 0 aliphatic carbocycles.